The molecule has 1 heterocycles. The Balaban J connectivity index is 1.89. The molecule has 1 saturated heterocycles. The molecule has 0 bridgehead atoms. The molecule has 2 rings (SSSR count). The summed E-state index contributed by atoms with van der Waals surface area (Å²) in [5.74, 6) is 0.673. The third-order valence-corrected chi connectivity index (χ3v) is 3.63. The monoisotopic (exact) mass is 278 g/mol. The Labute approximate surface area is 119 Å². The zero-order valence-corrected chi connectivity index (χ0v) is 11.9. The molecule has 1 amide bonds. The molecule has 0 aliphatic carbocycles. The molecule has 1 atom stereocenters. The third-order valence-electron chi connectivity index (χ3n) is 3.38. The van der Waals surface area contributed by atoms with Gasteiger partial charge < -0.3 is 10.2 Å². The number of amides is 1. The van der Waals surface area contributed by atoms with Crippen LogP contribution in [0.3, 0.4) is 0 Å². The highest BCUT2D eigenvalue weighted by atomic mass is 35.5. The maximum atomic E-state index is 12.0. The van der Waals surface area contributed by atoms with E-state index in [0.29, 0.717) is 10.9 Å². The minimum atomic E-state index is 0.0913. The van der Waals surface area contributed by atoms with Crippen molar-refractivity contribution in [3.8, 4) is 0 Å². The molecule has 19 heavy (non-hydrogen) atoms. The minimum absolute atomic E-state index is 0.0913. The zero-order valence-electron chi connectivity index (χ0n) is 11.1. The molecule has 1 N–H and O–H groups in total. The predicted octanol–water partition coefficient (Wildman–Crippen LogP) is 2.42. The molecule has 3 nitrogen and oxygen atoms in total. The van der Waals surface area contributed by atoms with Crippen LogP contribution in [0.25, 0.3) is 6.08 Å². The SMILES string of the molecule is CNC[C@H]1CCN(C(=O)/C=C\c2ccc(Cl)cc2)C1. The Hall–Kier alpha value is -1.32. The number of nitrogens with zero attached hydrogens (tertiary/aromatic N) is 1. The molecule has 1 aromatic rings. The van der Waals surface area contributed by atoms with Crippen LogP contribution in [0.5, 0.6) is 0 Å². The van der Waals surface area contributed by atoms with E-state index in [2.05, 4.69) is 5.32 Å². The summed E-state index contributed by atoms with van der Waals surface area (Å²) in [5, 5.41) is 3.87. The quantitative estimate of drug-likeness (QED) is 0.858. The van der Waals surface area contributed by atoms with Crippen molar-refractivity contribution < 1.29 is 4.79 Å². The van der Waals surface area contributed by atoms with Gasteiger partial charge in [-0.25, -0.2) is 0 Å². The van der Waals surface area contributed by atoms with Crippen LogP contribution in [0.15, 0.2) is 30.3 Å². The fraction of sp³-hybridized carbons (Fsp3) is 0.400. The second kappa shape index (κ2) is 6.73. The number of likely N-dealkylation sites (tertiary alicyclic amines) is 1. The van der Waals surface area contributed by atoms with E-state index in [1.54, 1.807) is 6.08 Å². The third kappa shape index (κ3) is 4.08. The van der Waals surface area contributed by atoms with Crippen molar-refractivity contribution in [1.82, 2.24) is 10.2 Å². The molecule has 1 aliphatic heterocycles. The van der Waals surface area contributed by atoms with Crippen LogP contribution in [0.1, 0.15) is 12.0 Å². The fourth-order valence-corrected chi connectivity index (χ4v) is 2.46. The highest BCUT2D eigenvalue weighted by molar-refractivity contribution is 6.30. The molecule has 102 valence electrons. The summed E-state index contributed by atoms with van der Waals surface area (Å²) in [7, 11) is 1.95. The molecule has 0 radical (unpaired) electrons. The molecule has 0 unspecified atom stereocenters. The van der Waals surface area contributed by atoms with E-state index in [1.165, 1.54) is 0 Å². The number of halogens is 1. The van der Waals surface area contributed by atoms with Gasteiger partial charge in [-0.15, -0.1) is 0 Å². The fourth-order valence-electron chi connectivity index (χ4n) is 2.33. The van der Waals surface area contributed by atoms with E-state index in [0.717, 1.165) is 31.6 Å². The van der Waals surface area contributed by atoms with E-state index in [1.807, 2.05) is 42.3 Å². The van der Waals surface area contributed by atoms with Gasteiger partial charge in [0, 0.05) is 24.2 Å². The van der Waals surface area contributed by atoms with Gasteiger partial charge >= 0.3 is 0 Å². The van der Waals surface area contributed by atoms with Gasteiger partial charge in [-0.05, 0) is 49.7 Å². The van der Waals surface area contributed by atoms with Crippen molar-refractivity contribution in [1.29, 1.82) is 0 Å². The molecule has 4 heteroatoms. The molecule has 1 fully saturated rings. The van der Waals surface area contributed by atoms with Crippen LogP contribution in [-0.2, 0) is 4.79 Å². The zero-order chi connectivity index (χ0) is 13.7. The van der Waals surface area contributed by atoms with E-state index < -0.39 is 0 Å². The summed E-state index contributed by atoms with van der Waals surface area (Å²) in [6.07, 6.45) is 4.57. The number of hydrogen-bond donors (Lipinski definition) is 1. The number of nitrogens with one attached hydrogen (secondary N) is 1. The first kappa shape index (κ1) is 14.1. The van der Waals surface area contributed by atoms with Gasteiger partial charge in [0.2, 0.25) is 5.91 Å². The molecule has 1 aromatic carbocycles. The lowest BCUT2D eigenvalue weighted by molar-refractivity contribution is -0.125. The highest BCUT2D eigenvalue weighted by Gasteiger charge is 2.24. The van der Waals surface area contributed by atoms with E-state index >= 15 is 0 Å². The largest absolute Gasteiger partial charge is 0.339 e. The molecule has 0 saturated carbocycles. The van der Waals surface area contributed by atoms with Crippen LogP contribution in [-0.4, -0.2) is 37.5 Å². The number of rotatable bonds is 4. The number of carbonyl (C=O) groups excluding carboxylic acids is 1. The van der Waals surface area contributed by atoms with Crippen molar-refractivity contribution in [3.63, 3.8) is 0 Å². The molecule has 0 aromatic heterocycles. The van der Waals surface area contributed by atoms with Gasteiger partial charge in [0.1, 0.15) is 0 Å². The summed E-state index contributed by atoms with van der Waals surface area (Å²) >= 11 is 5.82. The Morgan fingerprint density at radius 3 is 2.89 bits per heavy atom. The standard InChI is InChI=1S/C15H19ClN2O/c1-17-10-13-8-9-18(11-13)15(19)7-4-12-2-5-14(16)6-3-12/h2-7,13,17H,8-11H2,1H3/b7-4-/t13-/m1/s1. The Bertz CT molecular complexity index is 456. The predicted molar refractivity (Wildman–Crippen MR) is 79.1 cm³/mol. The summed E-state index contributed by atoms with van der Waals surface area (Å²) < 4.78 is 0. The van der Waals surface area contributed by atoms with Crippen LogP contribution < -0.4 is 5.32 Å². The van der Waals surface area contributed by atoms with Crippen LogP contribution in [0, 0.1) is 5.92 Å². The van der Waals surface area contributed by atoms with Gasteiger partial charge in [0.05, 0.1) is 0 Å². The first-order valence-electron chi connectivity index (χ1n) is 6.56. The highest BCUT2D eigenvalue weighted by Crippen LogP contribution is 2.16. The second-order valence-electron chi connectivity index (χ2n) is 4.88. The molecular formula is C15H19ClN2O. The second-order valence-corrected chi connectivity index (χ2v) is 5.32. The van der Waals surface area contributed by atoms with Crippen LogP contribution in [0.2, 0.25) is 5.02 Å². The normalized spacial score (nSPS) is 19.3. The Morgan fingerprint density at radius 2 is 2.21 bits per heavy atom. The van der Waals surface area contributed by atoms with E-state index in [4.69, 9.17) is 11.6 Å². The van der Waals surface area contributed by atoms with Gasteiger partial charge in [0.25, 0.3) is 0 Å². The van der Waals surface area contributed by atoms with Crippen molar-refractivity contribution in [2.45, 2.75) is 6.42 Å². The van der Waals surface area contributed by atoms with Gasteiger partial charge in [-0.2, -0.15) is 0 Å². The average molecular weight is 279 g/mol. The maximum absolute atomic E-state index is 12.0. The smallest absolute Gasteiger partial charge is 0.246 e. The summed E-state index contributed by atoms with van der Waals surface area (Å²) in [5.41, 5.74) is 0.990. The summed E-state index contributed by atoms with van der Waals surface area (Å²) in [4.78, 5) is 13.9. The number of carbonyl (C=O) groups is 1. The lowest BCUT2D eigenvalue weighted by Crippen LogP contribution is -2.28. The topological polar surface area (TPSA) is 32.3 Å². The number of hydrogen-bond acceptors (Lipinski definition) is 2. The van der Waals surface area contributed by atoms with Crippen LogP contribution >= 0.6 is 11.6 Å². The van der Waals surface area contributed by atoms with Gasteiger partial charge in [-0.3, -0.25) is 4.79 Å². The van der Waals surface area contributed by atoms with Crippen molar-refractivity contribution in [2.75, 3.05) is 26.7 Å². The van der Waals surface area contributed by atoms with Gasteiger partial charge in [-0.1, -0.05) is 23.7 Å². The van der Waals surface area contributed by atoms with Crippen LogP contribution in [0.4, 0.5) is 0 Å². The minimum Gasteiger partial charge on any atom is -0.339 e. The first-order valence-corrected chi connectivity index (χ1v) is 6.94. The van der Waals surface area contributed by atoms with Crippen molar-refractivity contribution in [3.05, 3.63) is 40.9 Å². The lowest BCUT2D eigenvalue weighted by Gasteiger charge is -2.14. The maximum Gasteiger partial charge on any atom is 0.246 e. The molecular weight excluding hydrogens is 260 g/mol. The van der Waals surface area contributed by atoms with Crippen molar-refractivity contribution in [2.24, 2.45) is 5.92 Å². The van der Waals surface area contributed by atoms with Crippen molar-refractivity contribution >= 4 is 23.6 Å². The molecule has 1 aliphatic rings. The van der Waals surface area contributed by atoms with E-state index in [9.17, 15) is 4.79 Å². The average Bonchev–Trinajstić information content (AvgIpc) is 2.87. The summed E-state index contributed by atoms with van der Waals surface area (Å²) in [6, 6.07) is 7.45. The Kier molecular flexibility index (Phi) is 5.00. The Morgan fingerprint density at radius 1 is 1.47 bits per heavy atom. The first-order chi connectivity index (χ1) is 9.19. The molecule has 0 spiro atoms. The number of benzene rings is 1. The van der Waals surface area contributed by atoms with E-state index in [-0.39, 0.29) is 5.91 Å². The van der Waals surface area contributed by atoms with Gasteiger partial charge in [0.15, 0.2) is 0 Å². The lowest BCUT2D eigenvalue weighted by atomic mass is 10.1. The summed E-state index contributed by atoms with van der Waals surface area (Å²) in [6.45, 7) is 2.69.